The third kappa shape index (κ3) is 6.93. The van der Waals surface area contributed by atoms with E-state index in [9.17, 15) is 13.2 Å². The molecule has 354 valence electrons. The largest absolute Gasteiger partial charge is 0.416 e. The number of rotatable bonds is 11. The quantitative estimate of drug-likeness (QED) is 0.115. The summed E-state index contributed by atoms with van der Waals surface area (Å²) in [6, 6.07) is 51.0. The molecule has 0 unspecified atom stereocenters. The van der Waals surface area contributed by atoms with Crippen molar-refractivity contribution in [3.8, 4) is 17.1 Å². The summed E-state index contributed by atoms with van der Waals surface area (Å²) >= 11 is 0. The first-order chi connectivity index (χ1) is 32.8. The third-order valence-electron chi connectivity index (χ3n) is 16.8. The number of fused-ring (bicyclic) bond motifs is 9. The fraction of sp³-hybridized carbons (Fsp3) is 0.311. The average molecular weight is 954 g/mol. The Morgan fingerprint density at radius 3 is 0.957 bits per heavy atom. The van der Waals surface area contributed by atoms with E-state index in [0.717, 1.165) is 55.2 Å². The number of hydrogen-bond donors (Lipinski definition) is 0. The van der Waals surface area contributed by atoms with E-state index in [1.54, 1.807) is 12.1 Å². The maximum Gasteiger partial charge on any atom is 0.416 e. The minimum Gasteiger partial charge on any atom is -0.309 e. The molecule has 0 aliphatic rings. The lowest BCUT2D eigenvalue weighted by atomic mass is 10.1. The van der Waals surface area contributed by atoms with Gasteiger partial charge in [-0.1, -0.05) is 154 Å². The lowest BCUT2D eigenvalue weighted by Gasteiger charge is -2.43. The molecule has 0 aliphatic carbocycles. The standard InChI is InChI=1S/C61H66F3N3Si2/c1-37(2)68(38(3)4,39(5)6)47-27-31-59-53(35-47)49-17-13-15-19-55(49)66(59)45-25-29-57-51(33-45)52-34-46(26-30-58(52)65(57)44-23-21-43(22-24-44)61(62,63)64)67-56-20-16-14-18-50(56)54-36-48(28-32-60(54)67)69(40(7)8,41(9)10)42(11)12/h13-42H,1-12H3. The summed E-state index contributed by atoms with van der Waals surface area (Å²) in [5, 5.41) is 10.1. The van der Waals surface area contributed by atoms with Crippen LogP contribution >= 0.6 is 0 Å². The molecule has 8 heteroatoms. The Morgan fingerprint density at radius 1 is 0.319 bits per heavy atom. The molecule has 10 rings (SSSR count). The Morgan fingerprint density at radius 2 is 0.609 bits per heavy atom. The molecule has 0 atom stereocenters. The molecule has 0 spiro atoms. The van der Waals surface area contributed by atoms with Crippen molar-refractivity contribution in [1.29, 1.82) is 0 Å². The number of benzene rings is 7. The molecule has 0 bridgehead atoms. The number of alkyl halides is 3. The Kier molecular flexibility index (Phi) is 11.5. The SMILES string of the molecule is CC(C)[Si](c1ccc2c(c1)c1ccccc1n2-c1ccc2c(c1)c1cc(-n3c4ccccc4c4cc([Si](C(C)C)(C(C)C)C(C)C)ccc43)ccc1n2-c1ccc(C(F)(F)F)cc1)(C(C)C)C(C)C. The molecule has 0 fully saturated rings. The van der Waals surface area contributed by atoms with E-state index in [2.05, 4.69) is 218 Å². The maximum atomic E-state index is 13.9. The second-order valence-corrected chi connectivity index (χ2v) is 33.6. The molecule has 0 N–H and O–H groups in total. The summed E-state index contributed by atoms with van der Waals surface area (Å²) in [7, 11) is -3.90. The highest BCUT2D eigenvalue weighted by atomic mass is 28.3. The Bertz CT molecular complexity index is 3330. The molecule has 10 aromatic rings. The van der Waals surface area contributed by atoms with Crippen LogP contribution in [-0.4, -0.2) is 29.8 Å². The molecule has 69 heavy (non-hydrogen) atoms. The molecule has 3 heterocycles. The fourth-order valence-electron chi connectivity index (χ4n) is 14.4. The van der Waals surface area contributed by atoms with Crippen LogP contribution in [0.15, 0.2) is 146 Å². The van der Waals surface area contributed by atoms with Gasteiger partial charge in [0, 0.05) is 49.4 Å². The summed E-state index contributed by atoms with van der Waals surface area (Å²) in [6.07, 6.45) is -4.43. The van der Waals surface area contributed by atoms with E-state index in [-0.39, 0.29) is 0 Å². The van der Waals surface area contributed by atoms with Gasteiger partial charge in [0.2, 0.25) is 0 Å². The van der Waals surface area contributed by atoms with Crippen molar-refractivity contribution in [3.63, 3.8) is 0 Å². The number of aromatic nitrogens is 3. The van der Waals surface area contributed by atoms with Gasteiger partial charge in [-0.05, 0) is 118 Å². The van der Waals surface area contributed by atoms with Gasteiger partial charge in [-0.2, -0.15) is 13.2 Å². The molecule has 3 nitrogen and oxygen atoms in total. The summed E-state index contributed by atoms with van der Waals surface area (Å²) in [6.45, 7) is 29.1. The van der Waals surface area contributed by atoms with Crippen molar-refractivity contribution in [1.82, 2.24) is 13.7 Å². The zero-order valence-electron chi connectivity index (χ0n) is 42.3. The van der Waals surface area contributed by atoms with Crippen LogP contribution in [0.1, 0.15) is 88.6 Å². The minimum absolute atomic E-state index is 0.582. The molecular weight excluding hydrogens is 888 g/mol. The second-order valence-electron chi connectivity index (χ2n) is 21.7. The van der Waals surface area contributed by atoms with Crippen LogP contribution in [0, 0.1) is 0 Å². The lowest BCUT2D eigenvalue weighted by molar-refractivity contribution is -0.137. The summed E-state index contributed by atoms with van der Waals surface area (Å²) in [4.78, 5) is 0. The van der Waals surface area contributed by atoms with E-state index in [0.29, 0.717) is 38.9 Å². The maximum absolute atomic E-state index is 13.9. The number of hydrogen-bond acceptors (Lipinski definition) is 0. The van der Waals surface area contributed by atoms with Crippen LogP contribution in [0.3, 0.4) is 0 Å². The zero-order valence-corrected chi connectivity index (χ0v) is 44.3. The molecule has 3 aromatic heterocycles. The van der Waals surface area contributed by atoms with Crippen molar-refractivity contribution < 1.29 is 13.2 Å². The summed E-state index contributed by atoms with van der Waals surface area (Å²) in [5.41, 5.74) is 12.1. The van der Waals surface area contributed by atoms with Gasteiger partial charge in [0.25, 0.3) is 0 Å². The molecular formula is C61H66F3N3Si2. The van der Waals surface area contributed by atoms with Crippen molar-refractivity contribution >= 4 is 91.9 Å². The lowest BCUT2D eigenvalue weighted by Crippen LogP contribution is -2.55. The van der Waals surface area contributed by atoms with Gasteiger partial charge >= 0.3 is 6.18 Å². The topological polar surface area (TPSA) is 14.8 Å². The highest BCUT2D eigenvalue weighted by Crippen LogP contribution is 2.45. The first-order valence-corrected chi connectivity index (χ1v) is 29.6. The number of nitrogens with zero attached hydrogens (tertiary/aromatic N) is 3. The molecule has 0 aliphatic heterocycles. The van der Waals surface area contributed by atoms with E-state index in [4.69, 9.17) is 0 Å². The van der Waals surface area contributed by atoms with Crippen molar-refractivity contribution in [2.45, 2.75) is 123 Å². The first kappa shape index (κ1) is 46.9. The van der Waals surface area contributed by atoms with Crippen LogP contribution in [0.5, 0.6) is 0 Å². The van der Waals surface area contributed by atoms with Crippen LogP contribution in [-0.2, 0) is 6.18 Å². The summed E-state index contributed by atoms with van der Waals surface area (Å²) < 4.78 is 48.7. The zero-order chi connectivity index (χ0) is 49.1. The highest BCUT2D eigenvalue weighted by molar-refractivity contribution is 6.95. The minimum atomic E-state index is -4.43. The molecule has 0 saturated carbocycles. The monoisotopic (exact) mass is 953 g/mol. The molecule has 0 amide bonds. The van der Waals surface area contributed by atoms with E-state index < -0.39 is 27.9 Å². The van der Waals surface area contributed by atoms with Gasteiger partial charge in [0.1, 0.15) is 0 Å². The summed E-state index contributed by atoms with van der Waals surface area (Å²) in [5.74, 6) is 0. The Balaban J connectivity index is 1.23. The van der Waals surface area contributed by atoms with Gasteiger partial charge in [-0.15, -0.1) is 0 Å². The smallest absolute Gasteiger partial charge is 0.309 e. The van der Waals surface area contributed by atoms with Gasteiger partial charge in [0.05, 0.1) is 54.8 Å². The van der Waals surface area contributed by atoms with E-state index in [1.165, 1.54) is 44.1 Å². The van der Waals surface area contributed by atoms with Crippen LogP contribution in [0.4, 0.5) is 13.2 Å². The Hall–Kier alpha value is -5.84. The third-order valence-corrected chi connectivity index (χ3v) is 30.9. The van der Waals surface area contributed by atoms with Crippen LogP contribution in [0.25, 0.3) is 82.5 Å². The second kappa shape index (κ2) is 16.9. The van der Waals surface area contributed by atoms with Gasteiger partial charge in [-0.3, -0.25) is 0 Å². The predicted octanol–water partition coefficient (Wildman–Crippen LogP) is 17.8. The average Bonchev–Trinajstić information content (AvgIpc) is 3.93. The van der Waals surface area contributed by atoms with Crippen molar-refractivity contribution in [2.24, 2.45) is 0 Å². The van der Waals surface area contributed by atoms with E-state index >= 15 is 0 Å². The van der Waals surface area contributed by atoms with Crippen LogP contribution < -0.4 is 10.4 Å². The predicted molar refractivity (Wildman–Crippen MR) is 296 cm³/mol. The molecule has 7 aromatic carbocycles. The van der Waals surface area contributed by atoms with Gasteiger partial charge in [0.15, 0.2) is 0 Å². The van der Waals surface area contributed by atoms with Gasteiger partial charge < -0.3 is 13.7 Å². The van der Waals surface area contributed by atoms with Crippen molar-refractivity contribution in [3.05, 3.63) is 151 Å². The number of para-hydroxylation sites is 2. The molecule has 0 saturated heterocycles. The number of halogens is 3. The normalized spacial score (nSPS) is 13.3. The fourth-order valence-corrected chi connectivity index (χ4v) is 27.9. The van der Waals surface area contributed by atoms with E-state index in [1.807, 2.05) is 0 Å². The Labute approximate surface area is 407 Å². The highest BCUT2D eigenvalue weighted by Gasteiger charge is 2.45. The van der Waals surface area contributed by atoms with Gasteiger partial charge in [-0.25, -0.2) is 0 Å². The molecule has 0 radical (unpaired) electrons. The van der Waals surface area contributed by atoms with Crippen LogP contribution in [0.2, 0.25) is 33.2 Å². The first-order valence-electron chi connectivity index (χ1n) is 25.2. The van der Waals surface area contributed by atoms with Crippen molar-refractivity contribution in [2.75, 3.05) is 0 Å².